The largest absolute Gasteiger partial charge is 0.324 e. The van der Waals surface area contributed by atoms with Crippen LogP contribution in [0.2, 0.25) is 5.02 Å². The van der Waals surface area contributed by atoms with Gasteiger partial charge in [-0.25, -0.2) is 15.0 Å². The zero-order valence-corrected chi connectivity index (χ0v) is 18.0. The maximum atomic E-state index is 6.44. The Morgan fingerprint density at radius 2 is 1.68 bits per heavy atom. The third-order valence-electron chi connectivity index (χ3n) is 4.68. The highest BCUT2D eigenvalue weighted by atomic mass is 127. The minimum atomic E-state index is -0.806. The summed E-state index contributed by atoms with van der Waals surface area (Å²) in [4.78, 5) is 4.65. The molecule has 0 N–H and O–H groups in total. The van der Waals surface area contributed by atoms with E-state index in [1.165, 1.54) is 0 Å². The minimum Gasteiger partial charge on any atom is -0.324 e. The van der Waals surface area contributed by atoms with Crippen LogP contribution in [0.5, 0.6) is 0 Å². The van der Waals surface area contributed by atoms with E-state index in [0.29, 0.717) is 15.7 Å². The van der Waals surface area contributed by atoms with Gasteiger partial charge in [-0.2, -0.15) is 0 Å². The average Bonchev–Trinajstić information content (AvgIpc) is 2.82. The Morgan fingerprint density at radius 3 is 2.18 bits per heavy atom. The molecule has 0 aliphatic heterocycles. The highest BCUT2D eigenvalue weighted by Gasteiger charge is 2.35. The third-order valence-corrected chi connectivity index (χ3v) is 12.2. The van der Waals surface area contributed by atoms with Crippen LogP contribution in [0.1, 0.15) is 41.5 Å². The van der Waals surface area contributed by atoms with E-state index in [9.17, 15) is 0 Å². The van der Waals surface area contributed by atoms with Crippen LogP contribution >= 0.6 is 44.2 Å². The lowest BCUT2D eigenvalue weighted by molar-refractivity contribution is 0.845. The number of fused-ring (bicyclic) bond motifs is 1. The van der Waals surface area contributed by atoms with E-state index in [1.807, 2.05) is 6.20 Å². The Hall–Kier alpha value is 0.0600. The fourth-order valence-corrected chi connectivity index (χ4v) is 8.98. The number of halogens is 2. The van der Waals surface area contributed by atoms with Crippen molar-refractivity contribution in [3.8, 4) is 0 Å². The molecule has 0 saturated heterocycles. The Labute approximate surface area is 154 Å². The molecule has 2 heterocycles. The van der Waals surface area contributed by atoms with Crippen molar-refractivity contribution in [3.05, 3.63) is 27.1 Å². The summed E-state index contributed by atoms with van der Waals surface area (Å²) < 4.78 is 3.34. The Balaban J connectivity index is 2.54. The van der Waals surface area contributed by atoms with Crippen LogP contribution in [-0.2, 0) is 5.88 Å². The first-order chi connectivity index (χ1) is 10.2. The first-order valence-electron chi connectivity index (χ1n) is 7.78. The zero-order chi connectivity index (χ0) is 16.7. The monoisotopic (exact) mass is 452 g/mol. The maximum absolute atomic E-state index is 6.44. The molecule has 0 saturated carbocycles. The second kappa shape index (κ2) is 6.89. The highest BCUT2D eigenvalue weighted by molar-refractivity contribution is 14.1. The quantitative estimate of drug-likeness (QED) is 0.488. The van der Waals surface area contributed by atoms with Crippen LogP contribution in [0.25, 0.3) is 11.0 Å². The normalized spacial score (nSPS) is 13.8. The topological polar surface area (TPSA) is 17.8 Å². The molecule has 2 aromatic rings. The molecular formula is C17H26ClIN2S. The summed E-state index contributed by atoms with van der Waals surface area (Å²) in [6, 6.07) is 2.11. The summed E-state index contributed by atoms with van der Waals surface area (Å²) in [6.45, 7) is 14.3. The zero-order valence-electron chi connectivity index (χ0n) is 14.2. The van der Waals surface area contributed by atoms with Gasteiger partial charge >= 0.3 is 0 Å². The molecule has 0 unspecified atom stereocenters. The minimum absolute atomic E-state index is 0.685. The summed E-state index contributed by atoms with van der Waals surface area (Å²) in [5.41, 5.74) is 1.02. The summed E-state index contributed by atoms with van der Waals surface area (Å²) in [5, 5.41) is 3.94. The molecule has 0 aromatic carbocycles. The molecule has 2 aromatic heterocycles. The van der Waals surface area contributed by atoms with Crippen molar-refractivity contribution in [1.29, 1.82) is 0 Å². The smallest absolute Gasteiger partial charge is 0.142 e. The number of rotatable bonds is 5. The molecule has 0 radical (unpaired) electrons. The van der Waals surface area contributed by atoms with Crippen molar-refractivity contribution < 1.29 is 0 Å². The summed E-state index contributed by atoms with van der Waals surface area (Å²) in [5.74, 6) is 1.06. The van der Waals surface area contributed by atoms with E-state index < -0.39 is 10.0 Å². The second-order valence-electron chi connectivity index (χ2n) is 6.63. The van der Waals surface area contributed by atoms with Crippen LogP contribution in [-0.4, -0.2) is 25.3 Å². The molecule has 2 nitrogen and oxygen atoms in total. The first kappa shape index (κ1) is 18.4. The molecule has 0 fully saturated rings. The molecule has 0 amide bonds. The van der Waals surface area contributed by atoms with Crippen LogP contribution in [0.4, 0.5) is 0 Å². The lowest BCUT2D eigenvalue weighted by Crippen LogP contribution is -2.31. The van der Waals surface area contributed by atoms with Gasteiger partial charge in [-0.3, -0.25) is 0 Å². The average molecular weight is 453 g/mol. The van der Waals surface area contributed by atoms with Gasteiger partial charge in [0.1, 0.15) is 5.65 Å². The van der Waals surface area contributed by atoms with Gasteiger partial charge in [0, 0.05) is 17.8 Å². The number of nitrogens with zero attached hydrogens (tertiary/aromatic N) is 2. The summed E-state index contributed by atoms with van der Waals surface area (Å²) in [6.07, 6.45) is 4.04. The van der Waals surface area contributed by atoms with E-state index in [2.05, 4.69) is 85.9 Å². The molecule has 0 aliphatic carbocycles. The molecule has 0 atom stereocenters. The third kappa shape index (κ3) is 3.03. The number of aromatic nitrogens is 2. The number of hydrogen-bond donors (Lipinski definition) is 0. The van der Waals surface area contributed by atoms with Crippen molar-refractivity contribution in [2.24, 2.45) is 0 Å². The highest BCUT2D eigenvalue weighted by Crippen LogP contribution is 2.61. The SMILES string of the molecule is CC(C)S(Cn1ccc2c(Cl)c(I)cnc21)(C(C)C)C(C)C. The maximum Gasteiger partial charge on any atom is 0.142 e. The van der Waals surface area contributed by atoms with Gasteiger partial charge in [-0.05, 0) is 44.4 Å². The lowest BCUT2D eigenvalue weighted by atomic mass is 10.3. The number of pyridine rings is 1. The fourth-order valence-electron chi connectivity index (χ4n) is 3.51. The van der Waals surface area contributed by atoms with Gasteiger partial charge in [0.15, 0.2) is 0 Å². The van der Waals surface area contributed by atoms with Gasteiger partial charge in [0.25, 0.3) is 0 Å². The van der Waals surface area contributed by atoms with E-state index in [4.69, 9.17) is 11.6 Å². The van der Waals surface area contributed by atoms with E-state index in [1.54, 1.807) is 0 Å². The molecule has 0 bridgehead atoms. The van der Waals surface area contributed by atoms with Crippen molar-refractivity contribution in [1.82, 2.24) is 9.55 Å². The predicted molar refractivity (Wildman–Crippen MR) is 110 cm³/mol. The lowest BCUT2D eigenvalue weighted by Gasteiger charge is -2.51. The van der Waals surface area contributed by atoms with Gasteiger partial charge in [0.2, 0.25) is 0 Å². The second-order valence-corrected chi connectivity index (χ2v) is 13.1. The number of hydrogen-bond acceptors (Lipinski definition) is 1. The molecule has 124 valence electrons. The van der Waals surface area contributed by atoms with Crippen molar-refractivity contribution in [2.45, 2.75) is 63.2 Å². The summed E-state index contributed by atoms with van der Waals surface area (Å²) in [7, 11) is -0.806. The van der Waals surface area contributed by atoms with Crippen LogP contribution in [0, 0.1) is 3.57 Å². The van der Waals surface area contributed by atoms with Gasteiger partial charge in [0.05, 0.1) is 14.5 Å². The Kier molecular flexibility index (Phi) is 5.77. The molecule has 5 heteroatoms. The Bertz CT molecular complexity index is 642. The summed E-state index contributed by atoms with van der Waals surface area (Å²) >= 11 is 8.69. The van der Waals surface area contributed by atoms with Crippen LogP contribution in [0.3, 0.4) is 0 Å². The molecule has 0 aliphatic rings. The molecule has 0 spiro atoms. The van der Waals surface area contributed by atoms with E-state index in [0.717, 1.165) is 25.5 Å². The van der Waals surface area contributed by atoms with Crippen molar-refractivity contribution in [3.63, 3.8) is 0 Å². The molecule has 2 rings (SSSR count). The van der Waals surface area contributed by atoms with Gasteiger partial charge in [-0.1, -0.05) is 53.1 Å². The van der Waals surface area contributed by atoms with Crippen LogP contribution < -0.4 is 0 Å². The van der Waals surface area contributed by atoms with Crippen molar-refractivity contribution >= 4 is 55.3 Å². The van der Waals surface area contributed by atoms with Crippen molar-refractivity contribution in [2.75, 3.05) is 0 Å². The van der Waals surface area contributed by atoms with Gasteiger partial charge in [-0.15, -0.1) is 0 Å². The van der Waals surface area contributed by atoms with Gasteiger partial charge < -0.3 is 4.57 Å². The fraction of sp³-hybridized carbons (Fsp3) is 0.588. The Morgan fingerprint density at radius 1 is 1.14 bits per heavy atom. The van der Waals surface area contributed by atoms with Crippen LogP contribution in [0.15, 0.2) is 18.5 Å². The molecule has 22 heavy (non-hydrogen) atoms. The predicted octanol–water partition coefficient (Wildman–Crippen LogP) is 6.28. The van der Waals surface area contributed by atoms with E-state index in [-0.39, 0.29) is 0 Å². The standard InChI is InChI=1S/C17H26ClIN2S/c1-11(2)22(12(3)4,13(5)6)10-21-8-7-14-16(18)15(19)9-20-17(14)21/h7-9,11-13H,10H2,1-6H3. The first-order valence-corrected chi connectivity index (χ1v) is 11.2. The molecular weight excluding hydrogens is 427 g/mol. The van der Waals surface area contributed by atoms with E-state index >= 15 is 0 Å².